The molecule has 2 bridgehead atoms. The number of carbonyl (C=O) groups excluding carboxylic acids is 3. The fraction of sp³-hybridized carbons (Fsp3) is 0.788. The molecule has 0 N–H and O–H groups in total. The number of unbranched alkanes of at least 4 members (excludes halogenated alkanes) is 4. The van der Waals surface area contributed by atoms with Crippen molar-refractivity contribution in [3.63, 3.8) is 0 Å². The van der Waals surface area contributed by atoms with E-state index in [4.69, 9.17) is 9.47 Å². The van der Waals surface area contributed by atoms with Crippen LogP contribution < -0.4 is 0 Å². The number of carbonyl (C=O) groups is 3. The standard InChI is InChI=1S/C33H50Br2O5/c1-7-31(5)21-25(39-26(36)14-10-8-12-18-34)32(6)23(3)16-17-33(20-22(2)28(38)29(32)33)24(4)30(31)40-27(37)15-11-9-13-19-35/h7,23-25,29-30H,1-2,8-21H2,3-6H3/t23-,24+,25-,29+,30+,31-,32+,33+/m1/s1. The second-order valence-corrected chi connectivity index (χ2v) is 14.8. The fourth-order valence-electron chi connectivity index (χ4n) is 8.13. The Morgan fingerprint density at radius 2 is 1.55 bits per heavy atom. The molecule has 3 saturated carbocycles. The van der Waals surface area contributed by atoms with Crippen molar-refractivity contribution in [3.8, 4) is 0 Å². The van der Waals surface area contributed by atoms with Gasteiger partial charge in [-0.05, 0) is 68.3 Å². The molecule has 0 aromatic carbocycles. The quantitative estimate of drug-likeness (QED) is 0.0639. The minimum atomic E-state index is -0.630. The highest BCUT2D eigenvalue weighted by Crippen LogP contribution is 2.69. The molecule has 5 nitrogen and oxygen atoms in total. The summed E-state index contributed by atoms with van der Waals surface area (Å²) in [6.07, 6.45) is 10.0. The van der Waals surface area contributed by atoms with Crippen LogP contribution in [-0.4, -0.2) is 40.6 Å². The van der Waals surface area contributed by atoms with Crippen LogP contribution in [0.3, 0.4) is 0 Å². The van der Waals surface area contributed by atoms with Gasteiger partial charge in [0.1, 0.15) is 12.2 Å². The van der Waals surface area contributed by atoms with Gasteiger partial charge in [0.25, 0.3) is 0 Å². The highest BCUT2D eigenvalue weighted by Gasteiger charge is 2.69. The lowest BCUT2D eigenvalue weighted by Gasteiger charge is -2.62. The summed E-state index contributed by atoms with van der Waals surface area (Å²) in [6.45, 7) is 17.1. The molecule has 40 heavy (non-hydrogen) atoms. The van der Waals surface area contributed by atoms with Crippen molar-refractivity contribution in [3.05, 3.63) is 24.8 Å². The molecule has 0 saturated heterocycles. The third kappa shape index (κ3) is 6.50. The number of rotatable bonds is 13. The number of hydrogen-bond acceptors (Lipinski definition) is 5. The average molecular weight is 687 g/mol. The van der Waals surface area contributed by atoms with Crippen molar-refractivity contribution in [2.24, 2.45) is 34.0 Å². The third-order valence-corrected chi connectivity index (χ3v) is 11.9. The molecule has 0 aliphatic heterocycles. The molecule has 3 fully saturated rings. The molecule has 0 aromatic heterocycles. The van der Waals surface area contributed by atoms with E-state index in [0.29, 0.717) is 31.3 Å². The molecule has 3 rings (SSSR count). The molecule has 7 heteroatoms. The van der Waals surface area contributed by atoms with Crippen LogP contribution in [0.15, 0.2) is 24.8 Å². The maximum absolute atomic E-state index is 14.0. The summed E-state index contributed by atoms with van der Waals surface area (Å²) in [5.41, 5.74) is -0.931. The predicted molar refractivity (Wildman–Crippen MR) is 168 cm³/mol. The van der Waals surface area contributed by atoms with Crippen LogP contribution in [0.5, 0.6) is 0 Å². The SMILES string of the molecule is C=C[C@]1(C)C[C@@H](OC(=O)CCCCCBr)[C@]2(C)[C@H](C)CC[C@]3(CC(=C)C(=O)[C@H]32)[C@@H](C)[C@@H]1OC(=O)CCCCCBr. The molecule has 0 heterocycles. The molecule has 0 amide bonds. The van der Waals surface area contributed by atoms with E-state index in [2.05, 4.69) is 72.7 Å². The summed E-state index contributed by atoms with van der Waals surface area (Å²) in [5, 5.41) is 1.84. The van der Waals surface area contributed by atoms with Gasteiger partial charge in [-0.1, -0.05) is 85.1 Å². The van der Waals surface area contributed by atoms with Crippen molar-refractivity contribution < 1.29 is 23.9 Å². The Bertz CT molecular complexity index is 964. The summed E-state index contributed by atoms with van der Waals surface area (Å²) in [4.78, 5) is 40.5. The molecule has 0 unspecified atom stereocenters. The van der Waals surface area contributed by atoms with Gasteiger partial charge in [-0.3, -0.25) is 14.4 Å². The summed E-state index contributed by atoms with van der Waals surface area (Å²) >= 11 is 6.91. The average Bonchev–Trinajstić information content (AvgIpc) is 3.19. The molecule has 226 valence electrons. The maximum atomic E-state index is 14.0. The van der Waals surface area contributed by atoms with Gasteiger partial charge < -0.3 is 9.47 Å². The van der Waals surface area contributed by atoms with Gasteiger partial charge in [0, 0.05) is 46.2 Å². The van der Waals surface area contributed by atoms with Gasteiger partial charge in [-0.15, -0.1) is 6.58 Å². The van der Waals surface area contributed by atoms with Crippen LogP contribution in [0, 0.1) is 34.0 Å². The molecule has 0 aromatic rings. The van der Waals surface area contributed by atoms with Gasteiger partial charge in [0.2, 0.25) is 0 Å². The van der Waals surface area contributed by atoms with E-state index < -0.39 is 28.5 Å². The third-order valence-electron chi connectivity index (χ3n) is 10.8. The number of esters is 2. The predicted octanol–water partition coefficient (Wildman–Crippen LogP) is 8.52. The monoisotopic (exact) mass is 684 g/mol. The Kier molecular flexibility index (Phi) is 11.8. The first-order valence-electron chi connectivity index (χ1n) is 15.3. The molecule has 0 radical (unpaired) electrons. The molecule has 3 aliphatic carbocycles. The van der Waals surface area contributed by atoms with E-state index in [1.807, 2.05) is 6.08 Å². The van der Waals surface area contributed by atoms with Crippen LogP contribution >= 0.6 is 31.9 Å². The van der Waals surface area contributed by atoms with Gasteiger partial charge in [-0.2, -0.15) is 0 Å². The molecular formula is C33H50Br2O5. The van der Waals surface area contributed by atoms with Crippen LogP contribution in [-0.2, 0) is 23.9 Å². The van der Waals surface area contributed by atoms with Crippen molar-refractivity contribution in [2.75, 3.05) is 10.7 Å². The van der Waals surface area contributed by atoms with E-state index >= 15 is 0 Å². The largest absolute Gasteiger partial charge is 0.462 e. The van der Waals surface area contributed by atoms with Crippen LogP contribution in [0.2, 0.25) is 0 Å². The summed E-state index contributed by atoms with van der Waals surface area (Å²) < 4.78 is 12.8. The van der Waals surface area contributed by atoms with Crippen molar-refractivity contribution >= 4 is 49.6 Å². The van der Waals surface area contributed by atoms with Gasteiger partial charge in [0.15, 0.2) is 5.78 Å². The minimum Gasteiger partial charge on any atom is -0.462 e. The molecule has 0 spiro atoms. The first kappa shape index (κ1) is 33.6. The topological polar surface area (TPSA) is 69.7 Å². The Balaban J connectivity index is 2.04. The van der Waals surface area contributed by atoms with Crippen molar-refractivity contribution in [1.29, 1.82) is 0 Å². The van der Waals surface area contributed by atoms with Crippen LogP contribution in [0.1, 0.15) is 105 Å². The van der Waals surface area contributed by atoms with Crippen LogP contribution in [0.25, 0.3) is 0 Å². The van der Waals surface area contributed by atoms with Crippen molar-refractivity contribution in [1.82, 2.24) is 0 Å². The lowest BCUT2D eigenvalue weighted by atomic mass is 9.44. The normalized spacial score (nSPS) is 37.3. The second kappa shape index (κ2) is 14.0. The van der Waals surface area contributed by atoms with Gasteiger partial charge in [0.05, 0.1) is 0 Å². The Labute approximate surface area is 258 Å². The number of hydrogen-bond donors (Lipinski definition) is 0. The van der Waals surface area contributed by atoms with E-state index in [9.17, 15) is 14.4 Å². The number of alkyl halides is 2. The Morgan fingerprint density at radius 3 is 2.10 bits per heavy atom. The summed E-state index contributed by atoms with van der Waals surface area (Å²) in [5.74, 6) is -0.546. The van der Waals surface area contributed by atoms with E-state index in [1.54, 1.807) is 0 Å². The number of Topliss-reactive ketones (excluding diaryl/α,β-unsaturated/α-hetero) is 1. The second-order valence-electron chi connectivity index (χ2n) is 13.2. The fourth-order valence-corrected chi connectivity index (χ4v) is 8.93. The van der Waals surface area contributed by atoms with Crippen molar-refractivity contribution in [2.45, 2.75) is 117 Å². The Morgan fingerprint density at radius 1 is 0.975 bits per heavy atom. The van der Waals surface area contributed by atoms with Crippen LogP contribution in [0.4, 0.5) is 0 Å². The first-order chi connectivity index (χ1) is 18.9. The number of ketones is 1. The zero-order valence-corrected chi connectivity index (χ0v) is 28.2. The smallest absolute Gasteiger partial charge is 0.306 e. The lowest BCUT2D eigenvalue weighted by Crippen LogP contribution is -2.63. The molecule has 8 atom stereocenters. The summed E-state index contributed by atoms with van der Waals surface area (Å²) in [7, 11) is 0. The molecular weight excluding hydrogens is 636 g/mol. The number of halogens is 2. The van der Waals surface area contributed by atoms with E-state index in [-0.39, 0.29) is 35.5 Å². The highest BCUT2D eigenvalue weighted by atomic mass is 79.9. The van der Waals surface area contributed by atoms with E-state index in [1.165, 1.54) is 0 Å². The minimum absolute atomic E-state index is 0.0806. The Hall–Kier alpha value is -0.950. The first-order valence-corrected chi connectivity index (χ1v) is 17.5. The van der Waals surface area contributed by atoms with Gasteiger partial charge in [-0.25, -0.2) is 0 Å². The number of allylic oxidation sites excluding steroid dienone is 1. The molecule has 3 aliphatic rings. The zero-order chi connectivity index (χ0) is 29.7. The lowest BCUT2D eigenvalue weighted by molar-refractivity contribution is -0.213. The highest BCUT2D eigenvalue weighted by molar-refractivity contribution is 9.09. The van der Waals surface area contributed by atoms with E-state index in [0.717, 1.165) is 62.0 Å². The van der Waals surface area contributed by atoms with Gasteiger partial charge >= 0.3 is 11.9 Å². The zero-order valence-electron chi connectivity index (χ0n) is 25.1. The maximum Gasteiger partial charge on any atom is 0.306 e. The summed E-state index contributed by atoms with van der Waals surface area (Å²) in [6, 6.07) is 0. The number of ether oxygens (including phenoxy) is 2.